The molecule has 2 aromatic carbocycles. The summed E-state index contributed by atoms with van der Waals surface area (Å²) >= 11 is 0. The molecule has 6 aromatic rings. The number of rotatable bonds is 3. The van der Waals surface area contributed by atoms with E-state index in [2.05, 4.69) is 43.3 Å². The predicted molar refractivity (Wildman–Crippen MR) is 124 cm³/mol. The van der Waals surface area contributed by atoms with Crippen LogP contribution in [0.25, 0.3) is 55.2 Å². The van der Waals surface area contributed by atoms with Crippen LogP contribution in [0.2, 0.25) is 0 Å². The number of methoxy groups -OCH3 is 1. The minimum absolute atomic E-state index is 0.738. The lowest BCUT2D eigenvalue weighted by molar-refractivity contribution is 0.393. The van der Waals surface area contributed by atoms with Gasteiger partial charge in [-0.3, -0.25) is 4.98 Å². The molecule has 0 radical (unpaired) electrons. The number of aromatic nitrogens is 5. The molecule has 7 nitrogen and oxygen atoms in total. The second kappa shape index (κ2) is 6.88. The molecule has 0 aliphatic carbocycles. The molecule has 0 unspecified atom stereocenters. The van der Waals surface area contributed by atoms with Gasteiger partial charge in [-0.15, -0.1) is 0 Å². The molecule has 0 saturated heterocycles. The van der Waals surface area contributed by atoms with Crippen LogP contribution < -0.4 is 4.74 Å². The largest absolute Gasteiger partial charge is 0.496 e. The molecular formula is C25H19N5O2. The fraction of sp³-hybridized carbons (Fsp3) is 0.120. The molecule has 0 saturated carbocycles. The van der Waals surface area contributed by atoms with E-state index in [4.69, 9.17) is 9.26 Å². The molecule has 0 amide bonds. The molecule has 0 bridgehead atoms. The Bertz CT molecular complexity index is 1620. The molecule has 7 heteroatoms. The fourth-order valence-electron chi connectivity index (χ4n) is 4.50. The van der Waals surface area contributed by atoms with Crippen LogP contribution in [0, 0.1) is 13.8 Å². The second-order valence-electron chi connectivity index (χ2n) is 7.74. The van der Waals surface area contributed by atoms with Crippen molar-refractivity contribution in [3.63, 3.8) is 0 Å². The number of ether oxygens (including phenoxy) is 1. The monoisotopic (exact) mass is 421 g/mol. The van der Waals surface area contributed by atoms with Gasteiger partial charge in [0.1, 0.15) is 23.5 Å². The van der Waals surface area contributed by atoms with Gasteiger partial charge in [-0.05, 0) is 38.1 Å². The van der Waals surface area contributed by atoms with E-state index in [1.165, 1.54) is 0 Å². The summed E-state index contributed by atoms with van der Waals surface area (Å²) in [6, 6.07) is 14.2. The quantitative estimate of drug-likeness (QED) is 0.400. The highest BCUT2D eigenvalue weighted by molar-refractivity contribution is 6.15. The Hall–Kier alpha value is -4.26. The molecule has 156 valence electrons. The van der Waals surface area contributed by atoms with Crippen molar-refractivity contribution in [2.45, 2.75) is 13.8 Å². The van der Waals surface area contributed by atoms with Gasteiger partial charge in [0.15, 0.2) is 0 Å². The zero-order valence-electron chi connectivity index (χ0n) is 17.8. The lowest BCUT2D eigenvalue weighted by Crippen LogP contribution is -1.91. The van der Waals surface area contributed by atoms with Crippen molar-refractivity contribution in [3.8, 4) is 28.1 Å². The fourth-order valence-corrected chi connectivity index (χ4v) is 4.50. The molecule has 6 rings (SSSR count). The van der Waals surface area contributed by atoms with Crippen LogP contribution >= 0.6 is 0 Å². The van der Waals surface area contributed by atoms with Gasteiger partial charge in [0.25, 0.3) is 0 Å². The van der Waals surface area contributed by atoms with Crippen LogP contribution in [0.1, 0.15) is 11.5 Å². The van der Waals surface area contributed by atoms with E-state index in [1.807, 2.05) is 38.1 Å². The maximum Gasteiger partial charge on any atom is 0.142 e. The summed E-state index contributed by atoms with van der Waals surface area (Å²) in [4.78, 5) is 17.1. The number of benzene rings is 2. The van der Waals surface area contributed by atoms with Crippen molar-refractivity contribution in [1.82, 2.24) is 25.1 Å². The van der Waals surface area contributed by atoms with Crippen molar-refractivity contribution in [2.24, 2.45) is 0 Å². The molecular weight excluding hydrogens is 402 g/mol. The first kappa shape index (κ1) is 18.5. The van der Waals surface area contributed by atoms with Crippen LogP contribution in [-0.2, 0) is 0 Å². The number of aromatic amines is 1. The third kappa shape index (κ3) is 2.61. The minimum Gasteiger partial charge on any atom is -0.496 e. The van der Waals surface area contributed by atoms with Crippen LogP contribution in [0.15, 0.2) is 59.5 Å². The maximum atomic E-state index is 5.79. The van der Waals surface area contributed by atoms with Crippen LogP contribution in [0.5, 0.6) is 5.75 Å². The van der Waals surface area contributed by atoms with Crippen molar-refractivity contribution in [2.75, 3.05) is 7.11 Å². The van der Waals surface area contributed by atoms with Gasteiger partial charge in [0.05, 0.1) is 35.0 Å². The SMILES string of the molecule is COc1cc2c(cc1-c1c(C)noc1C)[nH]c1ncnc(-c3cccc4ncccc34)c12. The van der Waals surface area contributed by atoms with Gasteiger partial charge < -0.3 is 14.2 Å². The van der Waals surface area contributed by atoms with Crippen molar-refractivity contribution < 1.29 is 9.26 Å². The lowest BCUT2D eigenvalue weighted by atomic mass is 9.98. The number of hydrogen-bond acceptors (Lipinski definition) is 6. The van der Waals surface area contributed by atoms with Gasteiger partial charge >= 0.3 is 0 Å². The number of pyridine rings is 1. The van der Waals surface area contributed by atoms with Crippen LogP contribution in [-0.4, -0.2) is 32.2 Å². The van der Waals surface area contributed by atoms with Gasteiger partial charge in [0.2, 0.25) is 0 Å². The normalized spacial score (nSPS) is 11.6. The number of aryl methyl sites for hydroxylation is 2. The third-order valence-corrected chi connectivity index (χ3v) is 5.91. The predicted octanol–water partition coefficient (Wildman–Crippen LogP) is 5.61. The Morgan fingerprint density at radius 1 is 0.938 bits per heavy atom. The molecule has 32 heavy (non-hydrogen) atoms. The zero-order valence-corrected chi connectivity index (χ0v) is 17.8. The zero-order chi connectivity index (χ0) is 21.8. The Morgan fingerprint density at radius 2 is 1.84 bits per heavy atom. The summed E-state index contributed by atoms with van der Waals surface area (Å²) in [5.41, 5.74) is 7.18. The van der Waals surface area contributed by atoms with Gasteiger partial charge in [-0.2, -0.15) is 0 Å². The number of H-pyrrole nitrogens is 1. The van der Waals surface area contributed by atoms with Gasteiger partial charge in [-0.1, -0.05) is 23.4 Å². The highest BCUT2D eigenvalue weighted by Gasteiger charge is 2.21. The Balaban J connectivity index is 1.69. The molecule has 0 atom stereocenters. The van der Waals surface area contributed by atoms with Crippen LogP contribution in [0.3, 0.4) is 0 Å². The summed E-state index contributed by atoms with van der Waals surface area (Å²) in [6.45, 7) is 3.83. The van der Waals surface area contributed by atoms with E-state index in [-0.39, 0.29) is 0 Å². The highest BCUT2D eigenvalue weighted by Crippen LogP contribution is 2.41. The van der Waals surface area contributed by atoms with Crippen molar-refractivity contribution >= 4 is 32.8 Å². The Morgan fingerprint density at radius 3 is 2.66 bits per heavy atom. The van der Waals surface area contributed by atoms with Crippen molar-refractivity contribution in [1.29, 1.82) is 0 Å². The van der Waals surface area contributed by atoms with Crippen molar-refractivity contribution in [3.05, 3.63) is 66.4 Å². The first-order valence-corrected chi connectivity index (χ1v) is 10.3. The topological polar surface area (TPSA) is 89.7 Å². The first-order chi connectivity index (χ1) is 15.7. The number of hydrogen-bond donors (Lipinski definition) is 1. The molecule has 0 aliphatic rings. The second-order valence-corrected chi connectivity index (χ2v) is 7.74. The standard InChI is InChI=1S/C25H19N5O2/c1-13-22(14(2)32-30-13)18-10-20-17(11-21(18)31-3)23-24(27-12-28-25(23)29-20)16-6-4-8-19-15(16)7-5-9-26-19/h4-12H,1-3H3,(H,27,28,29). The molecule has 0 aliphatic heterocycles. The smallest absolute Gasteiger partial charge is 0.142 e. The number of fused-ring (bicyclic) bond motifs is 4. The summed E-state index contributed by atoms with van der Waals surface area (Å²) in [5.74, 6) is 1.49. The summed E-state index contributed by atoms with van der Waals surface area (Å²) in [7, 11) is 1.67. The minimum atomic E-state index is 0.738. The summed E-state index contributed by atoms with van der Waals surface area (Å²) in [5, 5.41) is 7.09. The molecule has 0 spiro atoms. The Labute approximate surface area is 183 Å². The van der Waals surface area contributed by atoms with Gasteiger partial charge in [-0.25, -0.2) is 9.97 Å². The molecule has 4 heterocycles. The van der Waals surface area contributed by atoms with E-state index < -0.39 is 0 Å². The molecule has 4 aromatic heterocycles. The van der Waals surface area contributed by atoms with E-state index in [1.54, 1.807) is 19.6 Å². The average molecular weight is 421 g/mol. The number of nitrogens with zero attached hydrogens (tertiary/aromatic N) is 4. The van der Waals surface area contributed by atoms with E-state index >= 15 is 0 Å². The first-order valence-electron chi connectivity index (χ1n) is 10.3. The van der Waals surface area contributed by atoms with Gasteiger partial charge in [0, 0.05) is 33.6 Å². The lowest BCUT2D eigenvalue weighted by Gasteiger charge is -2.10. The van der Waals surface area contributed by atoms with Crippen LogP contribution in [0.4, 0.5) is 0 Å². The molecule has 1 N–H and O–H groups in total. The number of nitrogens with one attached hydrogen (secondary N) is 1. The summed E-state index contributed by atoms with van der Waals surface area (Å²) in [6.07, 6.45) is 3.39. The van der Waals surface area contributed by atoms with E-state index in [0.29, 0.717) is 0 Å². The third-order valence-electron chi connectivity index (χ3n) is 5.91. The highest BCUT2D eigenvalue weighted by atomic mass is 16.5. The Kier molecular flexibility index (Phi) is 3.98. The average Bonchev–Trinajstić information content (AvgIpc) is 3.36. The maximum absolute atomic E-state index is 5.79. The molecule has 0 fully saturated rings. The summed E-state index contributed by atoms with van der Waals surface area (Å²) < 4.78 is 11.2. The van der Waals surface area contributed by atoms with E-state index in [9.17, 15) is 0 Å². The van der Waals surface area contributed by atoms with E-state index in [0.717, 1.165) is 72.4 Å².